The van der Waals surface area contributed by atoms with Gasteiger partial charge in [-0.3, -0.25) is 9.59 Å². The standard InChI is InChI=1S/C17H21N5O4S/c1-2-3-4-5-14(25)19-17-22-21-16(27-17)9-15(26)20-18-10-11-6-7-12(23)8-13(11)24/h6-8,10,23-24H,2-5,9H2,1H3,(H,20,26)(H,19,22,25)/b18-10-. The molecule has 0 radical (unpaired) electrons. The molecule has 1 heterocycles. The molecular weight excluding hydrogens is 370 g/mol. The summed E-state index contributed by atoms with van der Waals surface area (Å²) in [6.07, 6.45) is 4.52. The van der Waals surface area contributed by atoms with Crippen LogP contribution in [0.3, 0.4) is 0 Å². The third-order valence-electron chi connectivity index (χ3n) is 3.44. The van der Waals surface area contributed by atoms with E-state index in [0.29, 0.717) is 22.1 Å². The van der Waals surface area contributed by atoms with Gasteiger partial charge in [0.05, 0.1) is 12.6 Å². The number of amides is 2. The van der Waals surface area contributed by atoms with Crippen LogP contribution in [0.2, 0.25) is 0 Å². The van der Waals surface area contributed by atoms with E-state index >= 15 is 0 Å². The van der Waals surface area contributed by atoms with E-state index in [1.165, 1.54) is 24.4 Å². The summed E-state index contributed by atoms with van der Waals surface area (Å²) in [5.41, 5.74) is 2.66. The predicted molar refractivity (Wildman–Crippen MR) is 102 cm³/mol. The van der Waals surface area contributed by atoms with E-state index in [0.717, 1.165) is 30.6 Å². The number of hydrazone groups is 1. The molecule has 0 bridgehead atoms. The maximum atomic E-state index is 11.9. The van der Waals surface area contributed by atoms with Gasteiger partial charge >= 0.3 is 0 Å². The molecule has 2 rings (SSSR count). The Hall–Kier alpha value is -3.01. The second-order valence-electron chi connectivity index (χ2n) is 5.72. The summed E-state index contributed by atoms with van der Waals surface area (Å²) in [6, 6.07) is 4.02. The predicted octanol–water partition coefficient (Wildman–Crippen LogP) is 2.16. The molecule has 0 saturated carbocycles. The number of carbonyl (C=O) groups is 2. The molecule has 1 aromatic heterocycles. The van der Waals surface area contributed by atoms with Gasteiger partial charge < -0.3 is 15.5 Å². The first-order chi connectivity index (χ1) is 13.0. The van der Waals surface area contributed by atoms with Gasteiger partial charge in [-0.25, -0.2) is 5.43 Å². The largest absolute Gasteiger partial charge is 0.508 e. The zero-order valence-corrected chi connectivity index (χ0v) is 15.6. The number of aromatic nitrogens is 2. The van der Waals surface area contributed by atoms with Crippen molar-refractivity contribution in [1.82, 2.24) is 15.6 Å². The number of hydrogen-bond acceptors (Lipinski definition) is 8. The zero-order valence-electron chi connectivity index (χ0n) is 14.8. The van der Waals surface area contributed by atoms with Gasteiger partial charge in [0.2, 0.25) is 16.9 Å². The van der Waals surface area contributed by atoms with Gasteiger partial charge in [0.1, 0.15) is 16.5 Å². The molecule has 27 heavy (non-hydrogen) atoms. The summed E-state index contributed by atoms with van der Waals surface area (Å²) < 4.78 is 0. The topological polar surface area (TPSA) is 137 Å². The lowest BCUT2D eigenvalue weighted by molar-refractivity contribution is -0.120. The van der Waals surface area contributed by atoms with Crippen LogP contribution in [-0.2, 0) is 16.0 Å². The smallest absolute Gasteiger partial charge is 0.247 e. The van der Waals surface area contributed by atoms with Crippen LogP contribution in [0, 0.1) is 0 Å². The van der Waals surface area contributed by atoms with Crippen LogP contribution in [0.15, 0.2) is 23.3 Å². The number of nitrogens with one attached hydrogen (secondary N) is 2. The summed E-state index contributed by atoms with van der Waals surface area (Å²) >= 11 is 1.13. The highest BCUT2D eigenvalue weighted by atomic mass is 32.1. The van der Waals surface area contributed by atoms with E-state index in [9.17, 15) is 19.8 Å². The fourth-order valence-electron chi connectivity index (χ4n) is 2.08. The van der Waals surface area contributed by atoms with Gasteiger partial charge in [-0.1, -0.05) is 31.1 Å². The van der Waals surface area contributed by atoms with E-state index in [4.69, 9.17) is 0 Å². The van der Waals surface area contributed by atoms with Crippen LogP contribution in [0.4, 0.5) is 5.13 Å². The molecule has 0 aliphatic rings. The molecule has 0 aliphatic heterocycles. The molecule has 4 N–H and O–H groups in total. The average molecular weight is 391 g/mol. The van der Waals surface area contributed by atoms with Gasteiger partial charge in [-0.2, -0.15) is 5.10 Å². The van der Waals surface area contributed by atoms with E-state index < -0.39 is 5.91 Å². The van der Waals surface area contributed by atoms with Crippen molar-refractivity contribution in [1.29, 1.82) is 0 Å². The maximum absolute atomic E-state index is 11.9. The van der Waals surface area contributed by atoms with Crippen LogP contribution < -0.4 is 10.7 Å². The van der Waals surface area contributed by atoms with Crippen LogP contribution in [0.25, 0.3) is 0 Å². The Morgan fingerprint density at radius 2 is 2.04 bits per heavy atom. The number of nitrogens with zero attached hydrogens (tertiary/aromatic N) is 3. The molecule has 2 aromatic rings. The normalized spacial score (nSPS) is 10.9. The zero-order chi connectivity index (χ0) is 19.6. The van der Waals surface area contributed by atoms with E-state index in [2.05, 4.69) is 33.0 Å². The fourth-order valence-corrected chi connectivity index (χ4v) is 2.84. The van der Waals surface area contributed by atoms with Gasteiger partial charge in [0, 0.05) is 18.1 Å². The van der Waals surface area contributed by atoms with Gasteiger partial charge in [0.15, 0.2) is 0 Å². The van der Waals surface area contributed by atoms with Crippen molar-refractivity contribution in [2.45, 2.75) is 39.0 Å². The SMILES string of the molecule is CCCCCC(=O)Nc1nnc(CC(=O)N/N=C\c2ccc(O)cc2O)s1. The summed E-state index contributed by atoms with van der Waals surface area (Å²) in [7, 11) is 0. The van der Waals surface area contributed by atoms with Crippen LogP contribution in [-0.4, -0.2) is 38.4 Å². The van der Waals surface area contributed by atoms with Crippen molar-refractivity contribution in [3.05, 3.63) is 28.8 Å². The lowest BCUT2D eigenvalue weighted by atomic mass is 10.2. The Kier molecular flexibility index (Phi) is 7.68. The summed E-state index contributed by atoms with van der Waals surface area (Å²) in [5.74, 6) is -0.759. The van der Waals surface area contributed by atoms with Gasteiger partial charge in [0.25, 0.3) is 0 Å². The second-order valence-corrected chi connectivity index (χ2v) is 6.78. The lowest BCUT2D eigenvalue weighted by Gasteiger charge is -2.00. The van der Waals surface area contributed by atoms with E-state index in [1.807, 2.05) is 0 Å². The third kappa shape index (κ3) is 7.02. The molecule has 2 amide bonds. The first kappa shape index (κ1) is 20.3. The van der Waals surface area contributed by atoms with Crippen LogP contribution >= 0.6 is 11.3 Å². The van der Waals surface area contributed by atoms with Crippen molar-refractivity contribution < 1.29 is 19.8 Å². The quantitative estimate of drug-likeness (QED) is 0.294. The minimum absolute atomic E-state index is 0.0394. The molecule has 10 heteroatoms. The highest BCUT2D eigenvalue weighted by Gasteiger charge is 2.11. The van der Waals surface area contributed by atoms with Crippen molar-refractivity contribution in [3.63, 3.8) is 0 Å². The Morgan fingerprint density at radius 3 is 2.78 bits per heavy atom. The molecule has 0 spiro atoms. The number of rotatable bonds is 9. The Balaban J connectivity index is 1.79. The van der Waals surface area contributed by atoms with Gasteiger partial charge in [-0.15, -0.1) is 10.2 Å². The minimum atomic E-state index is -0.415. The number of aromatic hydroxyl groups is 2. The summed E-state index contributed by atoms with van der Waals surface area (Å²) in [6.45, 7) is 2.07. The fraction of sp³-hybridized carbons (Fsp3) is 0.353. The number of hydrogen-bond donors (Lipinski definition) is 4. The number of carbonyl (C=O) groups excluding carboxylic acids is 2. The average Bonchev–Trinajstić information content (AvgIpc) is 3.03. The molecule has 9 nitrogen and oxygen atoms in total. The second kappa shape index (κ2) is 10.2. The van der Waals surface area contributed by atoms with Crippen molar-refractivity contribution in [2.24, 2.45) is 5.10 Å². The number of phenolic OH excluding ortho intramolecular Hbond substituents is 2. The highest BCUT2D eigenvalue weighted by molar-refractivity contribution is 7.15. The third-order valence-corrected chi connectivity index (χ3v) is 4.28. The number of anilines is 1. The van der Waals surface area contributed by atoms with Crippen LogP contribution in [0.1, 0.15) is 43.2 Å². The van der Waals surface area contributed by atoms with Crippen molar-refractivity contribution >= 4 is 34.5 Å². The first-order valence-corrected chi connectivity index (χ1v) is 9.25. The van der Waals surface area contributed by atoms with Crippen LogP contribution in [0.5, 0.6) is 11.5 Å². The maximum Gasteiger partial charge on any atom is 0.247 e. The van der Waals surface area contributed by atoms with Gasteiger partial charge in [-0.05, 0) is 18.6 Å². The number of benzene rings is 1. The lowest BCUT2D eigenvalue weighted by Crippen LogP contribution is -2.19. The number of unbranched alkanes of at least 4 members (excludes halogenated alkanes) is 2. The molecule has 0 unspecified atom stereocenters. The molecule has 0 aliphatic carbocycles. The summed E-state index contributed by atoms with van der Waals surface area (Å²) in [5, 5.41) is 33.8. The monoisotopic (exact) mass is 391 g/mol. The van der Waals surface area contributed by atoms with Crippen molar-refractivity contribution in [3.8, 4) is 11.5 Å². The Labute approximate surface area is 160 Å². The minimum Gasteiger partial charge on any atom is -0.508 e. The van der Waals surface area contributed by atoms with E-state index in [-0.39, 0.29) is 23.8 Å². The molecule has 0 atom stereocenters. The highest BCUT2D eigenvalue weighted by Crippen LogP contribution is 2.20. The molecular formula is C17H21N5O4S. The molecule has 0 saturated heterocycles. The Bertz CT molecular complexity index is 821. The first-order valence-electron chi connectivity index (χ1n) is 8.44. The summed E-state index contributed by atoms with van der Waals surface area (Å²) in [4.78, 5) is 23.6. The van der Waals surface area contributed by atoms with E-state index in [1.54, 1.807) is 0 Å². The van der Waals surface area contributed by atoms with Crippen molar-refractivity contribution in [2.75, 3.05) is 5.32 Å². The number of phenols is 2. The molecule has 1 aromatic carbocycles. The molecule has 0 fully saturated rings. The Morgan fingerprint density at radius 1 is 1.22 bits per heavy atom. The molecule has 144 valence electrons.